The summed E-state index contributed by atoms with van der Waals surface area (Å²) in [4.78, 5) is 22.7. The van der Waals surface area contributed by atoms with Crippen molar-refractivity contribution in [2.45, 2.75) is 0 Å². The monoisotopic (exact) mass is 336 g/mol. The fraction of sp³-hybridized carbons (Fsp3) is 0.0625. The summed E-state index contributed by atoms with van der Waals surface area (Å²) in [6, 6.07) is 5.63. The molecule has 0 aliphatic carbocycles. The summed E-state index contributed by atoms with van der Waals surface area (Å²) in [6.45, 7) is 0. The average molecular weight is 336 g/mol. The number of halogens is 3. The fourth-order valence-corrected chi connectivity index (χ4v) is 1.80. The Labute approximate surface area is 134 Å². The zero-order valence-corrected chi connectivity index (χ0v) is 12.3. The minimum absolute atomic E-state index is 0.0563. The van der Waals surface area contributed by atoms with Crippen molar-refractivity contribution in [2.75, 3.05) is 7.05 Å². The summed E-state index contributed by atoms with van der Waals surface area (Å²) in [5.41, 5.74) is -0.681. The van der Waals surface area contributed by atoms with Gasteiger partial charge in [0.1, 0.15) is 17.5 Å². The molecule has 0 radical (unpaired) electrons. The van der Waals surface area contributed by atoms with Gasteiger partial charge in [0.2, 0.25) is 0 Å². The number of nitrogens with zero attached hydrogens (tertiary/aromatic N) is 2. The van der Waals surface area contributed by atoms with Crippen molar-refractivity contribution in [2.24, 2.45) is 5.10 Å². The van der Waals surface area contributed by atoms with Gasteiger partial charge in [0.15, 0.2) is 0 Å². The lowest BCUT2D eigenvalue weighted by Gasteiger charge is -2.11. The Bertz CT molecular complexity index is 837. The number of carboxylic acids is 1. The molecule has 8 heteroatoms. The highest BCUT2D eigenvalue weighted by Gasteiger charge is 2.16. The van der Waals surface area contributed by atoms with E-state index in [-0.39, 0.29) is 11.1 Å². The van der Waals surface area contributed by atoms with Gasteiger partial charge in [-0.05, 0) is 30.3 Å². The van der Waals surface area contributed by atoms with E-state index >= 15 is 0 Å². The van der Waals surface area contributed by atoms with Crippen LogP contribution in [0.5, 0.6) is 0 Å². The third-order valence-electron chi connectivity index (χ3n) is 3.07. The molecule has 5 nitrogen and oxygen atoms in total. The molecule has 0 fully saturated rings. The van der Waals surface area contributed by atoms with Crippen LogP contribution in [0.3, 0.4) is 0 Å². The number of hydrazone groups is 1. The first-order chi connectivity index (χ1) is 11.3. The molecular formula is C16H11F3N2O3. The van der Waals surface area contributed by atoms with Crippen LogP contribution in [0.4, 0.5) is 13.2 Å². The number of carbonyl (C=O) groups is 2. The molecule has 1 amide bonds. The number of hydrogen-bond donors (Lipinski definition) is 1. The second-order valence-corrected chi connectivity index (χ2v) is 4.74. The lowest BCUT2D eigenvalue weighted by atomic mass is 10.1. The Morgan fingerprint density at radius 1 is 1.08 bits per heavy atom. The van der Waals surface area contributed by atoms with E-state index in [4.69, 9.17) is 5.11 Å². The molecule has 0 atom stereocenters. The maximum absolute atomic E-state index is 13.7. The van der Waals surface area contributed by atoms with Gasteiger partial charge in [-0.25, -0.2) is 23.0 Å². The van der Waals surface area contributed by atoms with Crippen LogP contribution in [0.1, 0.15) is 26.3 Å². The Kier molecular flexibility index (Phi) is 4.98. The molecule has 0 saturated carbocycles. The van der Waals surface area contributed by atoms with Gasteiger partial charge in [0.05, 0.1) is 17.3 Å². The molecule has 2 aromatic rings. The van der Waals surface area contributed by atoms with E-state index < -0.39 is 34.9 Å². The molecule has 2 aromatic carbocycles. The van der Waals surface area contributed by atoms with Gasteiger partial charge in [-0.1, -0.05) is 0 Å². The molecular weight excluding hydrogens is 325 g/mol. The molecule has 0 spiro atoms. The van der Waals surface area contributed by atoms with Crippen LogP contribution in [0.15, 0.2) is 41.5 Å². The van der Waals surface area contributed by atoms with Crippen LogP contribution in [0.25, 0.3) is 0 Å². The number of carboxylic acid groups (broad SMARTS) is 1. The van der Waals surface area contributed by atoms with Crippen molar-refractivity contribution < 1.29 is 27.9 Å². The number of rotatable bonds is 4. The molecule has 0 heterocycles. The number of benzene rings is 2. The molecule has 1 N–H and O–H groups in total. The number of hydrogen-bond acceptors (Lipinski definition) is 3. The van der Waals surface area contributed by atoms with Crippen LogP contribution < -0.4 is 0 Å². The summed E-state index contributed by atoms with van der Waals surface area (Å²) < 4.78 is 40.1. The number of aromatic carboxylic acids is 1. The van der Waals surface area contributed by atoms with Gasteiger partial charge < -0.3 is 5.11 Å². The summed E-state index contributed by atoms with van der Waals surface area (Å²) in [5, 5.41) is 13.2. The molecule has 0 aliphatic heterocycles. The predicted molar refractivity (Wildman–Crippen MR) is 79.4 cm³/mol. The largest absolute Gasteiger partial charge is 0.478 e. The Hall–Kier alpha value is -3.16. The van der Waals surface area contributed by atoms with Crippen molar-refractivity contribution in [3.05, 3.63) is 70.5 Å². The standard InChI is InChI=1S/C16H11F3N2O3/c1-21(15(22)12-5-4-11(17)7-14(12)19)20-8-10-3-2-9(16(23)24)6-13(10)18/h2-8H,1H3,(H,23,24). The van der Waals surface area contributed by atoms with E-state index in [1.807, 2.05) is 0 Å². The third-order valence-corrected chi connectivity index (χ3v) is 3.07. The lowest BCUT2D eigenvalue weighted by Crippen LogP contribution is -2.22. The first kappa shape index (κ1) is 17.2. The molecule has 0 aromatic heterocycles. The molecule has 0 unspecified atom stereocenters. The first-order valence-corrected chi connectivity index (χ1v) is 6.59. The average Bonchev–Trinajstić information content (AvgIpc) is 2.52. The molecule has 24 heavy (non-hydrogen) atoms. The minimum Gasteiger partial charge on any atom is -0.478 e. The van der Waals surface area contributed by atoms with E-state index in [0.717, 1.165) is 29.4 Å². The summed E-state index contributed by atoms with van der Waals surface area (Å²) in [5.74, 6) is -4.84. The smallest absolute Gasteiger partial charge is 0.335 e. The summed E-state index contributed by atoms with van der Waals surface area (Å²) >= 11 is 0. The quantitative estimate of drug-likeness (QED) is 0.689. The van der Waals surface area contributed by atoms with E-state index in [0.29, 0.717) is 6.07 Å². The minimum atomic E-state index is -1.28. The van der Waals surface area contributed by atoms with Crippen molar-refractivity contribution in [1.29, 1.82) is 0 Å². The van der Waals surface area contributed by atoms with Gasteiger partial charge in [-0.15, -0.1) is 0 Å². The maximum atomic E-state index is 13.7. The van der Waals surface area contributed by atoms with Crippen LogP contribution in [0.2, 0.25) is 0 Å². The summed E-state index contributed by atoms with van der Waals surface area (Å²) in [6.07, 6.45) is 0.986. The zero-order chi connectivity index (χ0) is 17.9. The lowest BCUT2D eigenvalue weighted by molar-refractivity contribution is 0.0695. The van der Waals surface area contributed by atoms with Crippen LogP contribution in [-0.4, -0.2) is 35.3 Å². The SMILES string of the molecule is CN(N=Cc1ccc(C(=O)O)cc1F)C(=O)c1ccc(F)cc1F. The van der Waals surface area contributed by atoms with Crippen LogP contribution in [-0.2, 0) is 0 Å². The number of amides is 1. The van der Waals surface area contributed by atoms with E-state index in [1.165, 1.54) is 19.2 Å². The maximum Gasteiger partial charge on any atom is 0.335 e. The third kappa shape index (κ3) is 3.78. The van der Waals surface area contributed by atoms with Crippen molar-refractivity contribution >= 4 is 18.1 Å². The zero-order valence-electron chi connectivity index (χ0n) is 12.3. The van der Waals surface area contributed by atoms with Gasteiger partial charge in [0, 0.05) is 18.7 Å². The second kappa shape index (κ2) is 6.95. The molecule has 124 valence electrons. The summed E-state index contributed by atoms with van der Waals surface area (Å²) in [7, 11) is 1.21. The van der Waals surface area contributed by atoms with E-state index in [9.17, 15) is 22.8 Å². The van der Waals surface area contributed by atoms with Crippen LogP contribution >= 0.6 is 0 Å². The van der Waals surface area contributed by atoms with E-state index in [2.05, 4.69) is 5.10 Å². The second-order valence-electron chi connectivity index (χ2n) is 4.74. The fourth-order valence-electron chi connectivity index (χ4n) is 1.80. The van der Waals surface area contributed by atoms with Gasteiger partial charge in [0.25, 0.3) is 5.91 Å². The van der Waals surface area contributed by atoms with Gasteiger partial charge in [-0.2, -0.15) is 5.10 Å². The van der Waals surface area contributed by atoms with Crippen molar-refractivity contribution in [3.8, 4) is 0 Å². The normalized spacial score (nSPS) is 10.8. The highest BCUT2D eigenvalue weighted by molar-refractivity contribution is 5.95. The van der Waals surface area contributed by atoms with Crippen LogP contribution in [0, 0.1) is 17.5 Å². The Morgan fingerprint density at radius 3 is 2.38 bits per heavy atom. The van der Waals surface area contributed by atoms with Gasteiger partial charge >= 0.3 is 5.97 Å². The van der Waals surface area contributed by atoms with E-state index in [1.54, 1.807) is 0 Å². The Morgan fingerprint density at radius 2 is 1.79 bits per heavy atom. The molecule has 0 bridgehead atoms. The molecule has 0 aliphatic rings. The first-order valence-electron chi connectivity index (χ1n) is 6.59. The molecule has 0 saturated heterocycles. The van der Waals surface area contributed by atoms with Crippen molar-refractivity contribution in [1.82, 2.24) is 5.01 Å². The predicted octanol–water partition coefficient (Wildman–Crippen LogP) is 2.91. The highest BCUT2D eigenvalue weighted by Crippen LogP contribution is 2.13. The number of carbonyl (C=O) groups excluding carboxylic acids is 1. The van der Waals surface area contributed by atoms with Gasteiger partial charge in [-0.3, -0.25) is 4.79 Å². The van der Waals surface area contributed by atoms with Crippen molar-refractivity contribution in [3.63, 3.8) is 0 Å². The highest BCUT2D eigenvalue weighted by atomic mass is 19.1. The Balaban J connectivity index is 2.19. The topological polar surface area (TPSA) is 70.0 Å². The molecule has 2 rings (SSSR count).